The van der Waals surface area contributed by atoms with Gasteiger partial charge in [0.15, 0.2) is 0 Å². The molecule has 0 atom stereocenters. The Morgan fingerprint density at radius 2 is 2.06 bits per heavy atom. The summed E-state index contributed by atoms with van der Waals surface area (Å²) >= 11 is 0. The van der Waals surface area contributed by atoms with Gasteiger partial charge in [0.2, 0.25) is 5.95 Å². The number of rotatable bonds is 6. The van der Waals surface area contributed by atoms with Gasteiger partial charge in [0.1, 0.15) is 5.82 Å². The first-order valence-electron chi connectivity index (χ1n) is 7.05. The largest absolute Gasteiger partial charge is 0.364 e. The minimum absolute atomic E-state index is 0.281. The molecule has 100 valence electrons. The molecule has 2 rings (SSSR count). The Balaban J connectivity index is 2.09. The molecule has 0 unspecified atom stereocenters. The van der Waals surface area contributed by atoms with Gasteiger partial charge in [0.05, 0.1) is 0 Å². The highest BCUT2D eigenvalue weighted by molar-refractivity contribution is 5.44. The second-order valence-corrected chi connectivity index (χ2v) is 5.26. The molecule has 1 aromatic rings. The highest BCUT2D eigenvalue weighted by Gasteiger charge is 2.35. The maximum Gasteiger partial charge on any atom is 0.224 e. The van der Waals surface area contributed by atoms with E-state index in [2.05, 4.69) is 34.4 Å². The first kappa shape index (κ1) is 13.1. The Kier molecular flexibility index (Phi) is 4.04. The van der Waals surface area contributed by atoms with E-state index in [1.807, 2.05) is 13.0 Å². The first-order valence-corrected chi connectivity index (χ1v) is 7.05. The highest BCUT2D eigenvalue weighted by Crippen LogP contribution is 2.37. The van der Waals surface area contributed by atoms with Gasteiger partial charge < -0.3 is 10.6 Å². The molecule has 0 saturated heterocycles. The van der Waals surface area contributed by atoms with Gasteiger partial charge in [-0.3, -0.25) is 0 Å². The number of nitrogens with one attached hydrogen (secondary N) is 2. The summed E-state index contributed by atoms with van der Waals surface area (Å²) < 4.78 is 0. The lowest BCUT2D eigenvalue weighted by Crippen LogP contribution is -2.44. The standard InChI is InChI=1S/C14H24N4/c1-4-9-15-13-16-11(3)10-12(17-13)18-14(5-2)7-6-8-14/h10H,4-9H2,1-3H3,(H2,15,16,17,18). The Labute approximate surface area is 110 Å². The molecular weight excluding hydrogens is 224 g/mol. The van der Waals surface area contributed by atoms with Gasteiger partial charge >= 0.3 is 0 Å². The number of aryl methyl sites for hydroxylation is 1. The van der Waals surface area contributed by atoms with Crippen LogP contribution < -0.4 is 10.6 Å². The normalized spacial score (nSPS) is 17.1. The summed E-state index contributed by atoms with van der Waals surface area (Å²) in [7, 11) is 0. The van der Waals surface area contributed by atoms with Crippen LogP contribution in [0.4, 0.5) is 11.8 Å². The number of anilines is 2. The summed E-state index contributed by atoms with van der Waals surface area (Å²) in [5.74, 6) is 1.70. The van der Waals surface area contributed by atoms with E-state index in [0.29, 0.717) is 0 Å². The van der Waals surface area contributed by atoms with Gasteiger partial charge in [-0.15, -0.1) is 0 Å². The van der Waals surface area contributed by atoms with Crippen molar-refractivity contribution in [3.8, 4) is 0 Å². The van der Waals surface area contributed by atoms with E-state index in [-0.39, 0.29) is 5.54 Å². The van der Waals surface area contributed by atoms with Crippen LogP contribution in [0, 0.1) is 6.92 Å². The van der Waals surface area contributed by atoms with E-state index in [4.69, 9.17) is 0 Å². The molecule has 4 nitrogen and oxygen atoms in total. The number of hydrogen-bond donors (Lipinski definition) is 2. The maximum absolute atomic E-state index is 4.55. The molecule has 1 fully saturated rings. The smallest absolute Gasteiger partial charge is 0.224 e. The predicted octanol–water partition coefficient (Wildman–Crippen LogP) is 3.35. The van der Waals surface area contributed by atoms with Crippen molar-refractivity contribution in [2.45, 2.75) is 58.4 Å². The third kappa shape index (κ3) is 2.92. The van der Waals surface area contributed by atoms with E-state index < -0.39 is 0 Å². The van der Waals surface area contributed by atoms with Crippen LogP contribution in [0.2, 0.25) is 0 Å². The summed E-state index contributed by atoms with van der Waals surface area (Å²) in [6, 6.07) is 2.03. The topological polar surface area (TPSA) is 49.8 Å². The lowest BCUT2D eigenvalue weighted by atomic mass is 9.75. The van der Waals surface area contributed by atoms with Gasteiger partial charge in [-0.2, -0.15) is 4.98 Å². The fourth-order valence-electron chi connectivity index (χ4n) is 2.39. The second-order valence-electron chi connectivity index (χ2n) is 5.26. The van der Waals surface area contributed by atoms with Crippen molar-refractivity contribution in [1.82, 2.24) is 9.97 Å². The molecule has 1 aliphatic rings. The van der Waals surface area contributed by atoms with Gasteiger partial charge in [-0.1, -0.05) is 13.8 Å². The Bertz CT molecular complexity index is 393. The van der Waals surface area contributed by atoms with Crippen molar-refractivity contribution >= 4 is 11.8 Å². The summed E-state index contributed by atoms with van der Waals surface area (Å²) in [5.41, 5.74) is 1.29. The minimum Gasteiger partial charge on any atom is -0.364 e. The zero-order chi connectivity index (χ0) is 13.0. The second kappa shape index (κ2) is 5.55. The molecule has 0 radical (unpaired) electrons. The molecule has 1 heterocycles. The van der Waals surface area contributed by atoms with Crippen molar-refractivity contribution in [3.63, 3.8) is 0 Å². The first-order chi connectivity index (χ1) is 8.67. The highest BCUT2D eigenvalue weighted by atomic mass is 15.2. The molecule has 0 aromatic carbocycles. The van der Waals surface area contributed by atoms with Crippen LogP contribution in [0.15, 0.2) is 6.07 Å². The van der Waals surface area contributed by atoms with Crippen molar-refractivity contribution in [1.29, 1.82) is 0 Å². The maximum atomic E-state index is 4.55. The zero-order valence-corrected chi connectivity index (χ0v) is 11.7. The van der Waals surface area contributed by atoms with Crippen LogP contribution in [0.1, 0.15) is 51.6 Å². The fourth-order valence-corrected chi connectivity index (χ4v) is 2.39. The monoisotopic (exact) mass is 248 g/mol. The lowest BCUT2D eigenvalue weighted by molar-refractivity contribution is 0.269. The molecule has 0 spiro atoms. The molecule has 0 bridgehead atoms. The summed E-state index contributed by atoms with van der Waals surface area (Å²) in [6.45, 7) is 7.32. The average molecular weight is 248 g/mol. The lowest BCUT2D eigenvalue weighted by Gasteiger charge is -2.42. The third-order valence-electron chi connectivity index (χ3n) is 3.77. The quantitative estimate of drug-likeness (QED) is 0.810. The van der Waals surface area contributed by atoms with Gasteiger partial charge in [-0.25, -0.2) is 4.98 Å². The molecule has 0 amide bonds. The van der Waals surface area contributed by atoms with Crippen LogP contribution in [-0.4, -0.2) is 22.1 Å². The van der Waals surface area contributed by atoms with Crippen LogP contribution in [-0.2, 0) is 0 Å². The molecular formula is C14H24N4. The zero-order valence-electron chi connectivity index (χ0n) is 11.7. The predicted molar refractivity (Wildman–Crippen MR) is 76.0 cm³/mol. The van der Waals surface area contributed by atoms with Crippen LogP contribution in [0.25, 0.3) is 0 Å². The van der Waals surface area contributed by atoms with Crippen LogP contribution in [0.3, 0.4) is 0 Å². The van der Waals surface area contributed by atoms with Crippen molar-refractivity contribution in [2.75, 3.05) is 17.2 Å². The van der Waals surface area contributed by atoms with Crippen molar-refractivity contribution in [3.05, 3.63) is 11.8 Å². The molecule has 1 aromatic heterocycles. The van der Waals surface area contributed by atoms with Gasteiger partial charge in [-0.05, 0) is 39.0 Å². The Morgan fingerprint density at radius 1 is 1.28 bits per heavy atom. The average Bonchev–Trinajstić information content (AvgIpc) is 2.30. The Morgan fingerprint density at radius 3 is 2.61 bits per heavy atom. The number of nitrogens with zero attached hydrogens (tertiary/aromatic N) is 2. The van der Waals surface area contributed by atoms with E-state index in [9.17, 15) is 0 Å². The van der Waals surface area contributed by atoms with E-state index in [1.165, 1.54) is 19.3 Å². The molecule has 18 heavy (non-hydrogen) atoms. The molecule has 4 heteroatoms. The Hall–Kier alpha value is -1.32. The summed E-state index contributed by atoms with van der Waals surface area (Å²) in [5, 5.41) is 6.86. The molecule has 1 saturated carbocycles. The fraction of sp³-hybridized carbons (Fsp3) is 0.714. The van der Waals surface area contributed by atoms with Crippen molar-refractivity contribution in [2.24, 2.45) is 0 Å². The molecule has 1 aliphatic carbocycles. The van der Waals surface area contributed by atoms with Crippen LogP contribution in [0.5, 0.6) is 0 Å². The molecule has 2 N–H and O–H groups in total. The SMILES string of the molecule is CCCNc1nc(C)cc(NC2(CC)CCC2)n1. The molecule has 0 aliphatic heterocycles. The number of hydrogen-bond acceptors (Lipinski definition) is 4. The van der Waals surface area contributed by atoms with Gasteiger partial charge in [0, 0.05) is 23.8 Å². The van der Waals surface area contributed by atoms with E-state index in [1.54, 1.807) is 0 Å². The summed E-state index contributed by atoms with van der Waals surface area (Å²) in [4.78, 5) is 8.96. The number of aromatic nitrogens is 2. The minimum atomic E-state index is 0.281. The third-order valence-corrected chi connectivity index (χ3v) is 3.77. The van der Waals surface area contributed by atoms with E-state index >= 15 is 0 Å². The van der Waals surface area contributed by atoms with E-state index in [0.717, 1.165) is 36.8 Å². The van der Waals surface area contributed by atoms with Gasteiger partial charge in [0.25, 0.3) is 0 Å². The van der Waals surface area contributed by atoms with Crippen molar-refractivity contribution < 1.29 is 0 Å². The van der Waals surface area contributed by atoms with Crippen LogP contribution >= 0.6 is 0 Å². The summed E-state index contributed by atoms with van der Waals surface area (Å²) in [6.07, 6.45) is 6.08.